The molecule has 0 saturated heterocycles. The highest BCUT2D eigenvalue weighted by Crippen LogP contribution is 2.24. The second-order valence-corrected chi connectivity index (χ2v) is 4.80. The number of nitro groups is 1. The molecular weight excluding hydrogens is 301 g/mol. The zero-order chi connectivity index (χ0) is 14.5. The van der Waals surface area contributed by atoms with Gasteiger partial charge in [-0.3, -0.25) is 10.1 Å². The fourth-order valence-electron chi connectivity index (χ4n) is 1.66. The average molecular weight is 312 g/mol. The zero-order valence-electron chi connectivity index (χ0n) is 10.4. The molecule has 0 unspecified atom stereocenters. The van der Waals surface area contributed by atoms with Crippen LogP contribution in [0.15, 0.2) is 42.5 Å². The minimum absolute atomic E-state index is 0.0464. The van der Waals surface area contributed by atoms with Crippen LogP contribution in [-0.4, -0.2) is 4.92 Å². The highest BCUT2D eigenvalue weighted by molar-refractivity contribution is 6.30. The molecule has 0 saturated carbocycles. The van der Waals surface area contributed by atoms with E-state index >= 15 is 0 Å². The number of alkyl halides is 1. The maximum absolute atomic E-state index is 10.9. The first-order valence-electron chi connectivity index (χ1n) is 5.80. The van der Waals surface area contributed by atoms with E-state index < -0.39 is 4.92 Å². The van der Waals surface area contributed by atoms with Gasteiger partial charge in [0.2, 0.25) is 0 Å². The maximum Gasteiger partial charge on any atom is 0.277 e. The lowest BCUT2D eigenvalue weighted by Gasteiger charge is -2.07. The number of ether oxygens (including phenoxy) is 1. The summed E-state index contributed by atoms with van der Waals surface area (Å²) in [5.41, 5.74) is 1.41. The van der Waals surface area contributed by atoms with Crippen LogP contribution in [0.1, 0.15) is 11.1 Å². The van der Waals surface area contributed by atoms with Crippen LogP contribution in [0.4, 0.5) is 5.69 Å². The van der Waals surface area contributed by atoms with Crippen molar-refractivity contribution in [2.24, 2.45) is 0 Å². The zero-order valence-corrected chi connectivity index (χ0v) is 11.9. The van der Waals surface area contributed by atoms with Crippen molar-refractivity contribution in [3.05, 3.63) is 68.7 Å². The van der Waals surface area contributed by atoms with Gasteiger partial charge in [-0.25, -0.2) is 0 Å². The average Bonchev–Trinajstić information content (AvgIpc) is 2.46. The Morgan fingerprint density at radius 2 is 1.85 bits per heavy atom. The Bertz CT molecular complexity index is 614. The summed E-state index contributed by atoms with van der Waals surface area (Å²) in [7, 11) is 0. The van der Waals surface area contributed by atoms with Crippen LogP contribution < -0.4 is 4.74 Å². The van der Waals surface area contributed by atoms with Gasteiger partial charge in [0.15, 0.2) is 0 Å². The molecule has 4 nitrogen and oxygen atoms in total. The number of hydrogen-bond donors (Lipinski definition) is 0. The maximum atomic E-state index is 10.9. The molecule has 0 atom stereocenters. The Hall–Kier alpha value is -1.78. The molecule has 0 radical (unpaired) electrons. The smallest absolute Gasteiger partial charge is 0.277 e. The predicted molar refractivity (Wildman–Crippen MR) is 78.4 cm³/mol. The normalized spacial score (nSPS) is 10.3. The van der Waals surface area contributed by atoms with E-state index in [0.29, 0.717) is 22.2 Å². The Balaban J connectivity index is 2.12. The Labute approximate surface area is 126 Å². The van der Waals surface area contributed by atoms with E-state index in [-0.39, 0.29) is 12.3 Å². The van der Waals surface area contributed by atoms with Crippen LogP contribution in [0.25, 0.3) is 0 Å². The van der Waals surface area contributed by atoms with Crippen molar-refractivity contribution < 1.29 is 9.66 Å². The molecule has 0 aliphatic heterocycles. The standard InChI is InChI=1S/C14H11Cl2NO3/c15-8-10-1-5-13(6-2-10)20-9-11-3-4-12(16)7-14(11)17(18)19/h1-7H,8-9H2. The molecule has 0 bridgehead atoms. The first-order chi connectivity index (χ1) is 9.60. The molecule has 0 N–H and O–H groups in total. The van der Waals surface area contributed by atoms with Gasteiger partial charge in [0.05, 0.1) is 10.5 Å². The van der Waals surface area contributed by atoms with Gasteiger partial charge < -0.3 is 4.74 Å². The van der Waals surface area contributed by atoms with Gasteiger partial charge in [-0.15, -0.1) is 11.6 Å². The van der Waals surface area contributed by atoms with E-state index in [4.69, 9.17) is 27.9 Å². The summed E-state index contributed by atoms with van der Waals surface area (Å²) in [4.78, 5) is 10.5. The monoisotopic (exact) mass is 311 g/mol. The molecule has 0 aliphatic rings. The molecule has 0 amide bonds. The van der Waals surface area contributed by atoms with Crippen molar-refractivity contribution in [1.29, 1.82) is 0 Å². The molecule has 0 heterocycles. The molecule has 2 rings (SSSR count). The van der Waals surface area contributed by atoms with E-state index in [1.165, 1.54) is 6.07 Å². The lowest BCUT2D eigenvalue weighted by Crippen LogP contribution is -2.00. The van der Waals surface area contributed by atoms with Gasteiger partial charge in [0.25, 0.3) is 5.69 Å². The molecule has 0 aromatic heterocycles. The first kappa shape index (κ1) is 14.6. The molecule has 20 heavy (non-hydrogen) atoms. The van der Waals surface area contributed by atoms with Crippen molar-refractivity contribution >= 4 is 28.9 Å². The van der Waals surface area contributed by atoms with Crippen LogP contribution >= 0.6 is 23.2 Å². The number of rotatable bonds is 5. The Morgan fingerprint density at radius 1 is 1.15 bits per heavy atom. The van der Waals surface area contributed by atoms with Crippen LogP contribution in [0.2, 0.25) is 5.02 Å². The fourth-order valence-corrected chi connectivity index (χ4v) is 2.01. The number of halogens is 2. The third-order valence-electron chi connectivity index (χ3n) is 2.72. The quantitative estimate of drug-likeness (QED) is 0.462. The molecule has 0 spiro atoms. The van der Waals surface area contributed by atoms with Crippen molar-refractivity contribution in [3.8, 4) is 5.75 Å². The lowest BCUT2D eigenvalue weighted by atomic mass is 10.2. The summed E-state index contributed by atoms with van der Waals surface area (Å²) < 4.78 is 5.53. The van der Waals surface area contributed by atoms with Gasteiger partial charge in [-0.05, 0) is 29.8 Å². The minimum Gasteiger partial charge on any atom is -0.489 e. The highest BCUT2D eigenvalue weighted by atomic mass is 35.5. The second-order valence-electron chi connectivity index (χ2n) is 4.10. The number of benzene rings is 2. The summed E-state index contributed by atoms with van der Waals surface area (Å²) in [5, 5.41) is 11.3. The van der Waals surface area contributed by atoms with Gasteiger partial charge in [-0.1, -0.05) is 23.7 Å². The summed E-state index contributed by atoms with van der Waals surface area (Å²) in [6.45, 7) is 0.105. The van der Waals surface area contributed by atoms with Crippen LogP contribution in [0, 0.1) is 10.1 Å². The Kier molecular flexibility index (Phi) is 4.82. The van der Waals surface area contributed by atoms with E-state index in [0.717, 1.165) is 5.56 Å². The minimum atomic E-state index is -0.471. The topological polar surface area (TPSA) is 52.4 Å². The Morgan fingerprint density at radius 3 is 2.45 bits per heavy atom. The van der Waals surface area contributed by atoms with Crippen LogP contribution in [-0.2, 0) is 12.5 Å². The van der Waals surface area contributed by atoms with Crippen molar-refractivity contribution in [2.45, 2.75) is 12.5 Å². The molecule has 0 fully saturated rings. The third-order valence-corrected chi connectivity index (χ3v) is 3.26. The van der Waals surface area contributed by atoms with E-state index in [1.54, 1.807) is 24.3 Å². The molecule has 0 aliphatic carbocycles. The summed E-state index contributed by atoms with van der Waals surface area (Å²) in [5.74, 6) is 1.06. The largest absolute Gasteiger partial charge is 0.489 e. The molecule has 2 aromatic rings. The molecule has 6 heteroatoms. The van der Waals surface area contributed by atoms with Crippen LogP contribution in [0.3, 0.4) is 0 Å². The van der Waals surface area contributed by atoms with E-state index in [2.05, 4.69) is 0 Å². The summed E-state index contributed by atoms with van der Waals surface area (Å²) in [6.07, 6.45) is 0. The molecule has 2 aromatic carbocycles. The van der Waals surface area contributed by atoms with Gasteiger partial charge in [0, 0.05) is 17.0 Å². The van der Waals surface area contributed by atoms with E-state index in [1.807, 2.05) is 12.1 Å². The lowest BCUT2D eigenvalue weighted by molar-refractivity contribution is -0.385. The number of nitro benzene ring substituents is 1. The first-order valence-corrected chi connectivity index (χ1v) is 6.72. The molecule has 104 valence electrons. The number of nitrogens with zero attached hydrogens (tertiary/aromatic N) is 1. The van der Waals surface area contributed by atoms with Crippen molar-refractivity contribution in [3.63, 3.8) is 0 Å². The van der Waals surface area contributed by atoms with Crippen molar-refractivity contribution in [1.82, 2.24) is 0 Å². The highest BCUT2D eigenvalue weighted by Gasteiger charge is 2.14. The predicted octanol–water partition coefficient (Wildman–Crippen LogP) is 4.57. The van der Waals surface area contributed by atoms with Gasteiger partial charge >= 0.3 is 0 Å². The number of hydrogen-bond acceptors (Lipinski definition) is 3. The van der Waals surface area contributed by atoms with Gasteiger partial charge in [0.1, 0.15) is 12.4 Å². The fraction of sp³-hybridized carbons (Fsp3) is 0.143. The van der Waals surface area contributed by atoms with Crippen LogP contribution in [0.5, 0.6) is 5.75 Å². The van der Waals surface area contributed by atoms with Gasteiger partial charge in [-0.2, -0.15) is 0 Å². The summed E-state index contributed by atoms with van der Waals surface area (Å²) in [6, 6.07) is 11.8. The summed E-state index contributed by atoms with van der Waals surface area (Å²) >= 11 is 11.4. The van der Waals surface area contributed by atoms with E-state index in [9.17, 15) is 10.1 Å². The second kappa shape index (κ2) is 6.59. The molecular formula is C14H11Cl2NO3. The van der Waals surface area contributed by atoms with Crippen molar-refractivity contribution in [2.75, 3.05) is 0 Å². The SMILES string of the molecule is O=[N+]([O-])c1cc(Cl)ccc1COc1ccc(CCl)cc1. The third kappa shape index (κ3) is 3.62.